The molecular weight excluding hydrogens is 116 g/mol. The average Bonchev–Trinajstić information content (AvgIpc) is 1.88. The van der Waals surface area contributed by atoms with E-state index in [0.29, 0.717) is 5.70 Å². The number of hydrogen-bond donors (Lipinski definition) is 1. The van der Waals surface area contributed by atoms with Crippen LogP contribution in [0.1, 0.15) is 0 Å². The maximum atomic E-state index is 8.30. The van der Waals surface area contributed by atoms with E-state index in [2.05, 4.69) is 0 Å². The van der Waals surface area contributed by atoms with Gasteiger partial charge in [0, 0.05) is 5.70 Å². The van der Waals surface area contributed by atoms with E-state index in [1.165, 1.54) is 6.26 Å². The van der Waals surface area contributed by atoms with Crippen molar-refractivity contribution in [1.29, 1.82) is 5.26 Å². The van der Waals surface area contributed by atoms with Crippen LogP contribution in [0.15, 0.2) is 24.1 Å². The zero-order valence-corrected chi connectivity index (χ0v) is 4.74. The first kappa shape index (κ1) is 5.70. The molecule has 0 fully saturated rings. The fraction of sp³-hybridized carbons (Fsp3) is 0.167. The Hall–Kier alpha value is -1.43. The van der Waals surface area contributed by atoms with Crippen LogP contribution >= 0.6 is 0 Å². The second kappa shape index (κ2) is 2.23. The Bertz CT molecular complexity index is 200. The number of nitrogens with two attached hydrogens (primary N) is 1. The number of ether oxygens (including phenoxy) is 1. The van der Waals surface area contributed by atoms with Gasteiger partial charge in [0.1, 0.15) is 6.07 Å². The SMILES string of the molecule is N#CC1C=C(N)C=CO1. The number of allylic oxidation sites excluding steroid dienone is 1. The van der Waals surface area contributed by atoms with Gasteiger partial charge in [-0.05, 0) is 12.2 Å². The molecule has 1 heterocycles. The van der Waals surface area contributed by atoms with Gasteiger partial charge in [-0.3, -0.25) is 0 Å². The van der Waals surface area contributed by atoms with Crippen LogP contribution in [0, 0.1) is 11.3 Å². The first-order chi connectivity index (χ1) is 4.33. The molecule has 3 heteroatoms. The van der Waals surface area contributed by atoms with Gasteiger partial charge in [-0.15, -0.1) is 0 Å². The lowest BCUT2D eigenvalue weighted by Crippen LogP contribution is -2.10. The molecule has 9 heavy (non-hydrogen) atoms. The molecule has 0 amide bonds. The molecule has 0 saturated heterocycles. The zero-order valence-electron chi connectivity index (χ0n) is 4.74. The lowest BCUT2D eigenvalue weighted by molar-refractivity contribution is 0.228. The first-order valence-corrected chi connectivity index (χ1v) is 2.52. The lowest BCUT2D eigenvalue weighted by atomic mass is 10.3. The van der Waals surface area contributed by atoms with Gasteiger partial charge in [-0.2, -0.15) is 5.26 Å². The summed E-state index contributed by atoms with van der Waals surface area (Å²) in [7, 11) is 0. The molecule has 0 spiro atoms. The van der Waals surface area contributed by atoms with Crippen molar-refractivity contribution in [2.24, 2.45) is 5.73 Å². The van der Waals surface area contributed by atoms with Gasteiger partial charge in [0.25, 0.3) is 0 Å². The van der Waals surface area contributed by atoms with Gasteiger partial charge >= 0.3 is 0 Å². The van der Waals surface area contributed by atoms with Crippen LogP contribution in [0.25, 0.3) is 0 Å². The highest BCUT2D eigenvalue weighted by atomic mass is 16.5. The van der Waals surface area contributed by atoms with E-state index in [-0.39, 0.29) is 0 Å². The summed E-state index contributed by atoms with van der Waals surface area (Å²) in [4.78, 5) is 0. The Morgan fingerprint density at radius 1 is 1.78 bits per heavy atom. The van der Waals surface area contributed by atoms with Crippen LogP contribution in [-0.2, 0) is 4.74 Å². The topological polar surface area (TPSA) is 59.0 Å². The third-order valence-electron chi connectivity index (χ3n) is 0.957. The molecule has 0 radical (unpaired) electrons. The summed E-state index contributed by atoms with van der Waals surface area (Å²) in [6.45, 7) is 0. The van der Waals surface area contributed by atoms with Crippen molar-refractivity contribution in [2.45, 2.75) is 6.10 Å². The normalized spacial score (nSPS) is 23.9. The van der Waals surface area contributed by atoms with Crippen molar-refractivity contribution in [2.75, 3.05) is 0 Å². The van der Waals surface area contributed by atoms with Gasteiger partial charge in [-0.25, -0.2) is 0 Å². The largest absolute Gasteiger partial charge is 0.479 e. The van der Waals surface area contributed by atoms with Crippen LogP contribution in [0.4, 0.5) is 0 Å². The Balaban J connectivity index is 2.69. The van der Waals surface area contributed by atoms with Crippen LogP contribution in [0.5, 0.6) is 0 Å². The Kier molecular flexibility index (Phi) is 1.41. The molecule has 1 aliphatic heterocycles. The molecule has 1 aliphatic rings. The van der Waals surface area contributed by atoms with Gasteiger partial charge in [0.15, 0.2) is 0 Å². The van der Waals surface area contributed by atoms with E-state index in [9.17, 15) is 0 Å². The van der Waals surface area contributed by atoms with E-state index in [4.69, 9.17) is 15.7 Å². The van der Waals surface area contributed by atoms with E-state index in [1.807, 2.05) is 6.07 Å². The van der Waals surface area contributed by atoms with Gasteiger partial charge in [0.2, 0.25) is 6.10 Å². The predicted octanol–water partition coefficient (Wildman–Crippen LogP) is 0.265. The summed E-state index contributed by atoms with van der Waals surface area (Å²) in [5, 5.41) is 8.30. The second-order valence-corrected chi connectivity index (χ2v) is 1.66. The average molecular weight is 122 g/mol. The number of nitriles is 1. The molecule has 46 valence electrons. The number of rotatable bonds is 0. The van der Waals surface area contributed by atoms with Crippen molar-refractivity contribution >= 4 is 0 Å². The molecule has 0 aromatic heterocycles. The van der Waals surface area contributed by atoms with Crippen molar-refractivity contribution < 1.29 is 4.74 Å². The Morgan fingerprint density at radius 2 is 2.56 bits per heavy atom. The van der Waals surface area contributed by atoms with Crippen molar-refractivity contribution in [1.82, 2.24) is 0 Å². The van der Waals surface area contributed by atoms with Gasteiger partial charge in [0.05, 0.1) is 6.26 Å². The quantitative estimate of drug-likeness (QED) is 0.501. The van der Waals surface area contributed by atoms with Crippen molar-refractivity contribution in [3.63, 3.8) is 0 Å². The van der Waals surface area contributed by atoms with E-state index in [0.717, 1.165) is 0 Å². The number of nitrogens with zero attached hydrogens (tertiary/aromatic N) is 1. The molecule has 1 rings (SSSR count). The molecule has 1 atom stereocenters. The molecular formula is C6H6N2O. The fourth-order valence-electron chi connectivity index (χ4n) is 0.540. The molecule has 0 saturated carbocycles. The monoisotopic (exact) mass is 122 g/mol. The molecule has 0 aromatic rings. The van der Waals surface area contributed by atoms with Crippen LogP contribution in [0.2, 0.25) is 0 Å². The summed E-state index contributed by atoms with van der Waals surface area (Å²) in [6.07, 6.45) is 4.08. The minimum absolute atomic E-state index is 0.505. The third kappa shape index (κ3) is 1.23. The van der Waals surface area contributed by atoms with Crippen LogP contribution in [-0.4, -0.2) is 6.10 Å². The smallest absolute Gasteiger partial charge is 0.204 e. The molecule has 0 aliphatic carbocycles. The molecule has 1 unspecified atom stereocenters. The predicted molar refractivity (Wildman–Crippen MR) is 31.9 cm³/mol. The van der Waals surface area contributed by atoms with Crippen LogP contribution in [0.3, 0.4) is 0 Å². The highest BCUT2D eigenvalue weighted by molar-refractivity contribution is 5.21. The summed E-state index contributed by atoms with van der Waals surface area (Å²) in [6, 6.07) is 1.90. The van der Waals surface area contributed by atoms with Crippen molar-refractivity contribution in [3.05, 3.63) is 24.1 Å². The van der Waals surface area contributed by atoms with Gasteiger partial charge < -0.3 is 10.5 Å². The summed E-state index contributed by atoms with van der Waals surface area (Å²) < 4.78 is 4.80. The minimum atomic E-state index is -0.505. The Labute approximate surface area is 53.0 Å². The standard InChI is InChI=1S/C6H6N2O/c7-4-6-3-5(8)1-2-9-6/h1-3,6H,8H2. The molecule has 0 aromatic carbocycles. The van der Waals surface area contributed by atoms with E-state index in [1.54, 1.807) is 12.2 Å². The lowest BCUT2D eigenvalue weighted by Gasteiger charge is -2.07. The van der Waals surface area contributed by atoms with Crippen molar-refractivity contribution in [3.8, 4) is 6.07 Å². The Morgan fingerprint density at radius 3 is 3.00 bits per heavy atom. The zero-order chi connectivity index (χ0) is 6.69. The van der Waals surface area contributed by atoms with Gasteiger partial charge in [-0.1, -0.05) is 0 Å². The third-order valence-corrected chi connectivity index (χ3v) is 0.957. The molecule has 3 nitrogen and oxygen atoms in total. The summed E-state index contributed by atoms with van der Waals surface area (Å²) >= 11 is 0. The highest BCUT2D eigenvalue weighted by Crippen LogP contribution is 2.03. The molecule has 2 N–H and O–H groups in total. The highest BCUT2D eigenvalue weighted by Gasteiger charge is 2.04. The van der Waals surface area contributed by atoms with Crippen LogP contribution < -0.4 is 5.73 Å². The maximum Gasteiger partial charge on any atom is 0.204 e. The maximum absolute atomic E-state index is 8.30. The minimum Gasteiger partial charge on any atom is -0.479 e. The number of hydrogen-bond acceptors (Lipinski definition) is 3. The van der Waals surface area contributed by atoms with E-state index >= 15 is 0 Å². The second-order valence-electron chi connectivity index (χ2n) is 1.66. The molecule has 0 bridgehead atoms. The van der Waals surface area contributed by atoms with E-state index < -0.39 is 6.10 Å². The summed E-state index contributed by atoms with van der Waals surface area (Å²) in [5.74, 6) is 0. The summed E-state index contributed by atoms with van der Waals surface area (Å²) in [5.41, 5.74) is 5.92. The fourth-order valence-corrected chi connectivity index (χ4v) is 0.540. The first-order valence-electron chi connectivity index (χ1n) is 2.52.